The zero-order valence-corrected chi connectivity index (χ0v) is 21.2. The SMILES string of the molecule is C[C@@H]1CCCC[C@@H]1N1C(=O)/C(=C/c2ccc(OCc3ccc(F)cc3)cc2)SC1Nc1ccccc1. The first-order valence-corrected chi connectivity index (χ1v) is 13.4. The predicted molar refractivity (Wildman–Crippen MR) is 145 cm³/mol. The van der Waals surface area contributed by atoms with Gasteiger partial charge in [-0.1, -0.05) is 74.0 Å². The molecule has 0 radical (unpaired) electrons. The maximum Gasteiger partial charge on any atom is 0.262 e. The van der Waals surface area contributed by atoms with Gasteiger partial charge in [0, 0.05) is 11.7 Å². The van der Waals surface area contributed by atoms with Gasteiger partial charge in [0.25, 0.3) is 5.91 Å². The molecule has 1 unspecified atom stereocenters. The van der Waals surface area contributed by atoms with Crippen LogP contribution >= 0.6 is 11.8 Å². The number of hydrogen-bond acceptors (Lipinski definition) is 4. The summed E-state index contributed by atoms with van der Waals surface area (Å²) in [5.74, 6) is 1.06. The van der Waals surface area contributed by atoms with Gasteiger partial charge in [-0.15, -0.1) is 0 Å². The van der Waals surface area contributed by atoms with E-state index in [0.717, 1.165) is 40.3 Å². The van der Waals surface area contributed by atoms with Gasteiger partial charge in [0.15, 0.2) is 5.50 Å². The number of benzene rings is 3. The van der Waals surface area contributed by atoms with Crippen LogP contribution in [-0.4, -0.2) is 22.3 Å². The van der Waals surface area contributed by atoms with E-state index in [9.17, 15) is 9.18 Å². The Morgan fingerprint density at radius 3 is 2.44 bits per heavy atom. The van der Waals surface area contributed by atoms with E-state index in [4.69, 9.17) is 4.74 Å². The number of amides is 1. The van der Waals surface area contributed by atoms with Gasteiger partial charge in [-0.3, -0.25) is 4.79 Å². The number of hydrogen-bond donors (Lipinski definition) is 1. The van der Waals surface area contributed by atoms with E-state index in [1.165, 1.54) is 25.0 Å². The van der Waals surface area contributed by atoms with Gasteiger partial charge < -0.3 is 15.0 Å². The number of rotatable bonds is 7. The van der Waals surface area contributed by atoms with Crippen LogP contribution in [0.15, 0.2) is 83.8 Å². The number of carbonyl (C=O) groups excluding carboxylic acids is 1. The molecule has 0 spiro atoms. The molecule has 5 rings (SSSR count). The van der Waals surface area contributed by atoms with Gasteiger partial charge in [-0.2, -0.15) is 0 Å². The lowest BCUT2D eigenvalue weighted by atomic mass is 9.85. The van der Waals surface area contributed by atoms with Gasteiger partial charge in [0.1, 0.15) is 18.2 Å². The van der Waals surface area contributed by atoms with E-state index in [0.29, 0.717) is 12.5 Å². The second-order valence-electron chi connectivity index (χ2n) is 9.51. The van der Waals surface area contributed by atoms with Crippen molar-refractivity contribution in [2.75, 3.05) is 5.32 Å². The minimum atomic E-state index is -0.256. The largest absolute Gasteiger partial charge is 0.489 e. The molecule has 2 aliphatic rings. The van der Waals surface area contributed by atoms with E-state index in [2.05, 4.69) is 17.1 Å². The topological polar surface area (TPSA) is 41.6 Å². The Balaban J connectivity index is 1.31. The van der Waals surface area contributed by atoms with Crippen LogP contribution in [0.4, 0.5) is 10.1 Å². The van der Waals surface area contributed by atoms with Crippen molar-refractivity contribution in [1.29, 1.82) is 0 Å². The summed E-state index contributed by atoms with van der Waals surface area (Å²) in [7, 11) is 0. The van der Waals surface area contributed by atoms with Crippen molar-refractivity contribution in [2.45, 2.75) is 50.8 Å². The van der Waals surface area contributed by atoms with Crippen LogP contribution in [0.2, 0.25) is 0 Å². The van der Waals surface area contributed by atoms with E-state index >= 15 is 0 Å². The number of nitrogens with one attached hydrogen (secondary N) is 1. The van der Waals surface area contributed by atoms with Gasteiger partial charge in [0.05, 0.1) is 4.91 Å². The highest BCUT2D eigenvalue weighted by atomic mass is 32.2. The third-order valence-corrected chi connectivity index (χ3v) is 8.04. The number of para-hydroxylation sites is 1. The Kier molecular flexibility index (Phi) is 7.61. The molecule has 1 amide bonds. The molecule has 3 aromatic rings. The number of halogens is 1. The highest BCUT2D eigenvalue weighted by molar-refractivity contribution is 8.05. The lowest BCUT2D eigenvalue weighted by Gasteiger charge is -2.39. The Morgan fingerprint density at radius 1 is 1.00 bits per heavy atom. The first-order chi connectivity index (χ1) is 17.6. The van der Waals surface area contributed by atoms with Crippen molar-refractivity contribution in [3.8, 4) is 5.75 Å². The van der Waals surface area contributed by atoms with Crippen LogP contribution in [0.25, 0.3) is 6.08 Å². The molecule has 1 saturated carbocycles. The molecule has 1 aliphatic heterocycles. The molecule has 1 saturated heterocycles. The van der Waals surface area contributed by atoms with Crippen molar-refractivity contribution < 1.29 is 13.9 Å². The highest BCUT2D eigenvalue weighted by Crippen LogP contribution is 2.42. The lowest BCUT2D eigenvalue weighted by Crippen LogP contribution is -2.48. The van der Waals surface area contributed by atoms with Crippen molar-refractivity contribution in [1.82, 2.24) is 4.90 Å². The first kappa shape index (κ1) is 24.4. The summed E-state index contributed by atoms with van der Waals surface area (Å²) in [4.78, 5) is 16.5. The minimum Gasteiger partial charge on any atom is -0.489 e. The molecule has 1 N–H and O–H groups in total. The number of ether oxygens (including phenoxy) is 1. The van der Waals surface area contributed by atoms with Crippen molar-refractivity contribution in [3.63, 3.8) is 0 Å². The molecule has 1 heterocycles. The Labute approximate surface area is 216 Å². The zero-order valence-electron chi connectivity index (χ0n) is 20.4. The predicted octanol–water partition coefficient (Wildman–Crippen LogP) is 7.30. The fraction of sp³-hybridized carbons (Fsp3) is 0.300. The second-order valence-corrected chi connectivity index (χ2v) is 10.6. The van der Waals surface area contributed by atoms with Crippen molar-refractivity contribution >= 4 is 29.4 Å². The third-order valence-electron chi connectivity index (χ3n) is 6.92. The van der Waals surface area contributed by atoms with Gasteiger partial charge in [-0.05, 0) is 72.4 Å². The summed E-state index contributed by atoms with van der Waals surface area (Å²) in [6.45, 7) is 2.64. The monoisotopic (exact) mass is 502 g/mol. The average Bonchev–Trinajstić information content (AvgIpc) is 3.19. The lowest BCUT2D eigenvalue weighted by molar-refractivity contribution is -0.129. The van der Waals surface area contributed by atoms with Crippen LogP contribution in [0.1, 0.15) is 43.7 Å². The van der Waals surface area contributed by atoms with Gasteiger partial charge in [0.2, 0.25) is 0 Å². The molecule has 2 fully saturated rings. The number of anilines is 1. The minimum absolute atomic E-state index is 0.101. The molecule has 186 valence electrons. The van der Waals surface area contributed by atoms with E-state index in [1.807, 2.05) is 60.7 Å². The van der Waals surface area contributed by atoms with Crippen molar-refractivity contribution in [2.24, 2.45) is 5.92 Å². The third kappa shape index (κ3) is 5.76. The summed E-state index contributed by atoms with van der Waals surface area (Å²) < 4.78 is 18.9. The summed E-state index contributed by atoms with van der Waals surface area (Å²) >= 11 is 1.59. The van der Waals surface area contributed by atoms with Crippen molar-refractivity contribution in [3.05, 3.63) is 101 Å². The molecule has 36 heavy (non-hydrogen) atoms. The fourth-order valence-corrected chi connectivity index (χ4v) is 6.14. The second kappa shape index (κ2) is 11.2. The molecular formula is C30H31FN2O2S. The number of carbonyl (C=O) groups is 1. The van der Waals surface area contributed by atoms with E-state index in [-0.39, 0.29) is 23.3 Å². The number of nitrogens with zero attached hydrogens (tertiary/aromatic N) is 1. The van der Waals surface area contributed by atoms with E-state index in [1.54, 1.807) is 23.9 Å². The standard InChI is InChI=1S/C30H31FN2O2S/c1-21-7-5-6-10-27(21)33-29(34)28(36-30(33)32-25-8-3-2-4-9-25)19-22-13-17-26(18-14-22)35-20-23-11-15-24(31)16-12-23/h2-4,8-9,11-19,21,27,30,32H,5-7,10,20H2,1H3/b28-19-/t21-,27+,30?/m1/s1. The quantitative estimate of drug-likeness (QED) is 0.344. The maximum atomic E-state index is 13.7. The Bertz CT molecular complexity index is 1200. The molecule has 1 aliphatic carbocycles. The maximum absolute atomic E-state index is 13.7. The average molecular weight is 503 g/mol. The summed E-state index contributed by atoms with van der Waals surface area (Å²) in [5, 5.41) is 3.58. The van der Waals surface area contributed by atoms with E-state index < -0.39 is 0 Å². The van der Waals surface area contributed by atoms with Crippen LogP contribution in [0.5, 0.6) is 5.75 Å². The normalized spacial score (nSPS) is 23.2. The summed E-state index contributed by atoms with van der Waals surface area (Å²) in [5.41, 5.74) is 2.75. The van der Waals surface area contributed by atoms with Gasteiger partial charge >= 0.3 is 0 Å². The molecule has 3 atom stereocenters. The Morgan fingerprint density at radius 2 is 1.72 bits per heavy atom. The molecule has 3 aromatic carbocycles. The molecule has 6 heteroatoms. The number of thioether (sulfide) groups is 1. The zero-order chi connectivity index (χ0) is 24.9. The first-order valence-electron chi connectivity index (χ1n) is 12.6. The molecule has 0 aromatic heterocycles. The smallest absolute Gasteiger partial charge is 0.262 e. The van der Waals surface area contributed by atoms with Crippen LogP contribution in [-0.2, 0) is 11.4 Å². The van der Waals surface area contributed by atoms with Crippen LogP contribution in [0, 0.1) is 11.7 Å². The summed E-state index contributed by atoms with van der Waals surface area (Å²) in [6, 6.07) is 24.4. The van der Waals surface area contributed by atoms with Crippen LogP contribution in [0.3, 0.4) is 0 Å². The Hall–Kier alpha value is -3.25. The molecule has 0 bridgehead atoms. The fourth-order valence-electron chi connectivity index (χ4n) is 4.93. The van der Waals surface area contributed by atoms with Crippen LogP contribution < -0.4 is 10.1 Å². The summed E-state index contributed by atoms with van der Waals surface area (Å²) in [6.07, 6.45) is 6.59. The van der Waals surface area contributed by atoms with Gasteiger partial charge in [-0.25, -0.2) is 4.39 Å². The molecular weight excluding hydrogens is 471 g/mol. The highest BCUT2D eigenvalue weighted by Gasteiger charge is 2.42. The molecule has 4 nitrogen and oxygen atoms in total.